The molecular formula is C29H29NO7. The molecule has 1 unspecified atom stereocenters. The van der Waals surface area contributed by atoms with Crippen LogP contribution in [0.25, 0.3) is 11.1 Å². The van der Waals surface area contributed by atoms with Crippen molar-refractivity contribution in [2.75, 3.05) is 14.2 Å². The number of esters is 1. The van der Waals surface area contributed by atoms with Crippen molar-refractivity contribution in [2.24, 2.45) is 0 Å². The summed E-state index contributed by atoms with van der Waals surface area (Å²) in [4.78, 5) is 45.1. The number of rotatable bonds is 7. The lowest BCUT2D eigenvalue weighted by Gasteiger charge is -2.22. The number of methoxy groups -OCH3 is 2. The second-order valence-electron chi connectivity index (χ2n) is 9.17. The lowest BCUT2D eigenvalue weighted by Crippen LogP contribution is -2.33. The predicted octanol–water partition coefficient (Wildman–Crippen LogP) is 4.90. The Kier molecular flexibility index (Phi) is 7.29. The van der Waals surface area contributed by atoms with Gasteiger partial charge in [0.15, 0.2) is 17.3 Å². The number of hydrogen-bond donors (Lipinski definition) is 0. The fourth-order valence-electron chi connectivity index (χ4n) is 4.57. The minimum absolute atomic E-state index is 0.162. The molecule has 0 fully saturated rings. The first kappa shape index (κ1) is 25.9. The number of ether oxygens (including phenoxy) is 3. The summed E-state index contributed by atoms with van der Waals surface area (Å²) in [6.45, 7) is 7.43. The summed E-state index contributed by atoms with van der Waals surface area (Å²) >= 11 is 0. The maximum atomic E-state index is 13.9. The number of fused-ring (bicyclic) bond motifs is 1. The molecule has 0 spiro atoms. The molecule has 1 heterocycles. The van der Waals surface area contributed by atoms with Crippen molar-refractivity contribution in [1.29, 1.82) is 0 Å². The molecule has 0 saturated heterocycles. The number of ketones is 1. The number of carbonyl (C=O) groups excluding carboxylic acids is 2. The van der Waals surface area contributed by atoms with Crippen LogP contribution in [-0.2, 0) is 19.1 Å². The molecule has 1 aliphatic carbocycles. The highest BCUT2D eigenvalue weighted by atomic mass is 16.5. The normalized spacial score (nSPS) is 14.3. The topological polar surface area (TPSA) is 105 Å². The van der Waals surface area contributed by atoms with Crippen LogP contribution in [0.2, 0.25) is 0 Å². The van der Waals surface area contributed by atoms with Gasteiger partial charge in [-0.3, -0.25) is 9.59 Å². The summed E-state index contributed by atoms with van der Waals surface area (Å²) in [5, 5.41) is 0. The molecule has 1 atom stereocenters. The van der Waals surface area contributed by atoms with Gasteiger partial charge in [0.1, 0.15) is 22.7 Å². The first-order chi connectivity index (χ1) is 17.6. The number of allylic oxidation sites excluding steroid dienone is 2. The third-order valence-electron chi connectivity index (χ3n) is 6.36. The van der Waals surface area contributed by atoms with Gasteiger partial charge in [-0.25, -0.2) is 9.78 Å². The van der Waals surface area contributed by atoms with Gasteiger partial charge < -0.3 is 18.6 Å². The average molecular weight is 504 g/mol. The molecule has 0 N–H and O–H groups in total. The summed E-state index contributed by atoms with van der Waals surface area (Å²) in [6.07, 6.45) is 2.15. The molecule has 0 bridgehead atoms. The average Bonchev–Trinajstić information content (AvgIpc) is 2.86. The van der Waals surface area contributed by atoms with E-state index in [-0.39, 0.29) is 29.7 Å². The van der Waals surface area contributed by atoms with Gasteiger partial charge in [-0.05, 0) is 62.6 Å². The van der Waals surface area contributed by atoms with Crippen molar-refractivity contribution in [3.05, 3.63) is 91.9 Å². The molecule has 0 radical (unpaired) electrons. The first-order valence-electron chi connectivity index (χ1n) is 11.9. The van der Waals surface area contributed by atoms with Gasteiger partial charge in [-0.1, -0.05) is 23.8 Å². The van der Waals surface area contributed by atoms with Crippen molar-refractivity contribution < 1.29 is 28.2 Å². The SMILES string of the molecule is COC1=CCC(C(=O)C(C(=O)Oc2c(C)cc(C)cc2C)c2nc3cc(C)ccc3oc2=O)=C(OC)C1. The molecule has 1 aliphatic rings. The molecule has 1 aromatic heterocycles. The predicted molar refractivity (Wildman–Crippen MR) is 137 cm³/mol. The lowest BCUT2D eigenvalue weighted by molar-refractivity contribution is -0.139. The van der Waals surface area contributed by atoms with Crippen LogP contribution in [0.15, 0.2) is 62.7 Å². The molecule has 0 amide bonds. The monoisotopic (exact) mass is 503 g/mol. The smallest absolute Gasteiger partial charge is 0.359 e. The lowest BCUT2D eigenvalue weighted by atomic mass is 9.89. The zero-order chi connectivity index (χ0) is 26.9. The summed E-state index contributed by atoms with van der Waals surface area (Å²) in [7, 11) is 2.98. The van der Waals surface area contributed by atoms with E-state index in [9.17, 15) is 14.4 Å². The third kappa shape index (κ3) is 5.18. The second-order valence-corrected chi connectivity index (χ2v) is 9.17. The quantitative estimate of drug-likeness (QED) is 0.255. The van der Waals surface area contributed by atoms with E-state index >= 15 is 0 Å². The number of benzene rings is 2. The highest BCUT2D eigenvalue weighted by Gasteiger charge is 2.39. The molecule has 4 rings (SSSR count). The van der Waals surface area contributed by atoms with Crippen molar-refractivity contribution in [3.8, 4) is 5.75 Å². The molecule has 3 aromatic rings. The van der Waals surface area contributed by atoms with Crippen molar-refractivity contribution in [1.82, 2.24) is 4.98 Å². The Balaban J connectivity index is 1.85. The van der Waals surface area contributed by atoms with Crippen molar-refractivity contribution >= 4 is 22.9 Å². The Hall–Kier alpha value is -4.20. The summed E-state index contributed by atoms with van der Waals surface area (Å²) in [5.41, 5.74) is 2.99. The Morgan fingerprint density at radius 1 is 0.973 bits per heavy atom. The number of carbonyl (C=O) groups is 2. The highest BCUT2D eigenvalue weighted by Crippen LogP contribution is 2.32. The highest BCUT2D eigenvalue weighted by molar-refractivity contribution is 6.13. The summed E-state index contributed by atoms with van der Waals surface area (Å²) in [5.74, 6) is -1.89. The molecule has 2 aromatic carbocycles. The van der Waals surface area contributed by atoms with E-state index in [1.165, 1.54) is 14.2 Å². The van der Waals surface area contributed by atoms with Crippen LogP contribution in [-0.4, -0.2) is 31.0 Å². The van der Waals surface area contributed by atoms with Gasteiger partial charge in [0, 0.05) is 12.0 Å². The van der Waals surface area contributed by atoms with E-state index in [0.29, 0.717) is 22.8 Å². The van der Waals surface area contributed by atoms with Crippen LogP contribution in [0.3, 0.4) is 0 Å². The standard InChI is InChI=1S/C29H29NO7/c1-15-7-10-22-21(13-15)30-25(29(33)36-22)24(26(31)20-9-8-19(34-5)14-23(20)35-6)28(32)37-27-17(3)11-16(2)12-18(27)4/h7-8,10-13,24H,9,14H2,1-6H3. The van der Waals surface area contributed by atoms with Crippen LogP contribution >= 0.6 is 0 Å². The van der Waals surface area contributed by atoms with Crippen LogP contribution in [0.5, 0.6) is 5.75 Å². The molecule has 37 heavy (non-hydrogen) atoms. The molecule has 8 heteroatoms. The number of nitrogens with zero attached hydrogens (tertiary/aromatic N) is 1. The zero-order valence-corrected chi connectivity index (χ0v) is 21.8. The minimum Gasteiger partial charge on any atom is -0.501 e. The number of Topliss-reactive ketones (excluding diaryl/α,β-unsaturated/α-hetero) is 1. The van der Waals surface area contributed by atoms with Crippen LogP contribution < -0.4 is 10.4 Å². The molecule has 0 saturated carbocycles. The van der Waals surface area contributed by atoms with Gasteiger partial charge in [0.2, 0.25) is 0 Å². The maximum absolute atomic E-state index is 13.9. The van der Waals surface area contributed by atoms with Gasteiger partial charge in [0.05, 0.1) is 26.4 Å². The third-order valence-corrected chi connectivity index (χ3v) is 6.36. The van der Waals surface area contributed by atoms with E-state index in [1.807, 2.05) is 39.8 Å². The minimum atomic E-state index is -1.65. The van der Waals surface area contributed by atoms with Crippen molar-refractivity contribution in [2.45, 2.75) is 46.5 Å². The number of aryl methyl sites for hydroxylation is 4. The maximum Gasteiger partial charge on any atom is 0.359 e. The Labute approximate surface area is 214 Å². The fourth-order valence-corrected chi connectivity index (χ4v) is 4.57. The van der Waals surface area contributed by atoms with Crippen LogP contribution in [0.4, 0.5) is 0 Å². The number of hydrogen-bond acceptors (Lipinski definition) is 8. The van der Waals surface area contributed by atoms with Gasteiger partial charge in [-0.15, -0.1) is 0 Å². The Morgan fingerprint density at radius 2 is 1.68 bits per heavy atom. The Morgan fingerprint density at radius 3 is 2.32 bits per heavy atom. The summed E-state index contributed by atoms with van der Waals surface area (Å²) < 4.78 is 22.0. The zero-order valence-electron chi connectivity index (χ0n) is 21.8. The van der Waals surface area contributed by atoms with Gasteiger partial charge in [0.25, 0.3) is 0 Å². The van der Waals surface area contributed by atoms with E-state index in [0.717, 1.165) is 22.3 Å². The molecule has 8 nitrogen and oxygen atoms in total. The fraction of sp³-hybridized carbons (Fsp3) is 0.310. The Bertz CT molecular complexity index is 1500. The van der Waals surface area contributed by atoms with Crippen LogP contribution in [0.1, 0.15) is 46.7 Å². The van der Waals surface area contributed by atoms with E-state index in [1.54, 1.807) is 24.3 Å². The van der Waals surface area contributed by atoms with Crippen LogP contribution in [0, 0.1) is 27.7 Å². The number of aromatic nitrogens is 1. The van der Waals surface area contributed by atoms with E-state index in [4.69, 9.17) is 18.6 Å². The first-order valence-corrected chi connectivity index (χ1v) is 11.9. The molecule has 192 valence electrons. The summed E-state index contributed by atoms with van der Waals surface area (Å²) in [6, 6.07) is 8.88. The van der Waals surface area contributed by atoms with Gasteiger partial charge in [-0.2, -0.15) is 0 Å². The van der Waals surface area contributed by atoms with E-state index < -0.39 is 23.3 Å². The molecule has 0 aliphatic heterocycles. The largest absolute Gasteiger partial charge is 0.501 e. The van der Waals surface area contributed by atoms with Crippen molar-refractivity contribution in [3.63, 3.8) is 0 Å². The van der Waals surface area contributed by atoms with Gasteiger partial charge >= 0.3 is 11.6 Å². The second kappa shape index (κ2) is 10.4. The molecular weight excluding hydrogens is 474 g/mol. The van der Waals surface area contributed by atoms with E-state index in [2.05, 4.69) is 4.98 Å².